The molecule has 5 heteroatoms. The highest BCUT2D eigenvalue weighted by molar-refractivity contribution is 7.80. The molecule has 0 saturated heterocycles. The first-order valence-electron chi connectivity index (χ1n) is 5.96. The maximum absolute atomic E-state index is 4.74. The summed E-state index contributed by atoms with van der Waals surface area (Å²) in [5.41, 5.74) is 0. The van der Waals surface area contributed by atoms with Gasteiger partial charge in [-0.2, -0.15) is 12.6 Å². The Morgan fingerprint density at radius 2 is 1.25 bits per heavy atom. The lowest BCUT2D eigenvalue weighted by Gasteiger charge is -2.05. The van der Waals surface area contributed by atoms with E-state index in [1.807, 2.05) is 0 Å². The Balaban J connectivity index is 0. The van der Waals surface area contributed by atoms with E-state index in [2.05, 4.69) is 19.6 Å². The molecular formula is C11H28O3SSi. The summed E-state index contributed by atoms with van der Waals surface area (Å²) in [5.74, 6) is 1.06. The predicted molar refractivity (Wildman–Crippen MR) is 75.4 cm³/mol. The monoisotopic (exact) mass is 268 g/mol. The van der Waals surface area contributed by atoms with Gasteiger partial charge in [-0.25, -0.2) is 0 Å². The Hall–Kier alpha value is 0.447. The van der Waals surface area contributed by atoms with Gasteiger partial charge >= 0.3 is 9.53 Å². The smallest absolute Gasteiger partial charge is 0.379 e. The third-order valence-electron chi connectivity index (χ3n) is 2.09. The summed E-state index contributed by atoms with van der Waals surface area (Å²) in [6, 6.07) is 0. The molecule has 0 saturated carbocycles. The van der Waals surface area contributed by atoms with Gasteiger partial charge in [-0.15, -0.1) is 0 Å². The van der Waals surface area contributed by atoms with Crippen molar-refractivity contribution in [1.82, 2.24) is 0 Å². The molecule has 0 bridgehead atoms. The number of thiol groups is 1. The van der Waals surface area contributed by atoms with E-state index in [0.29, 0.717) is 0 Å². The van der Waals surface area contributed by atoms with Crippen LogP contribution in [0.3, 0.4) is 0 Å². The molecule has 0 aromatic carbocycles. The standard InChI is InChI=1S/C8H18S.C3H10O3Si/c1-2-3-4-5-6-7-8-9;1-4-7(5-2)6-3/h9H,2-8H2,1H3;7H,1-3H3. The molecule has 3 nitrogen and oxygen atoms in total. The number of unbranched alkanes of at least 4 members (excludes halogenated alkanes) is 5. The zero-order chi connectivity index (χ0) is 12.6. The Labute approximate surface area is 108 Å². The lowest BCUT2D eigenvalue weighted by atomic mass is 10.1. The Morgan fingerprint density at radius 3 is 1.56 bits per heavy atom. The number of hydrogen-bond donors (Lipinski definition) is 1. The van der Waals surface area contributed by atoms with Gasteiger partial charge in [-0.05, 0) is 12.2 Å². The lowest BCUT2D eigenvalue weighted by molar-refractivity contribution is 0.163. The van der Waals surface area contributed by atoms with Crippen molar-refractivity contribution in [3.63, 3.8) is 0 Å². The van der Waals surface area contributed by atoms with Crippen LogP contribution in [0.1, 0.15) is 45.4 Å². The molecule has 0 rings (SSSR count). The zero-order valence-electron chi connectivity index (χ0n) is 11.2. The van der Waals surface area contributed by atoms with Crippen molar-refractivity contribution in [3.8, 4) is 0 Å². The minimum Gasteiger partial charge on any atom is -0.379 e. The second kappa shape index (κ2) is 17.8. The maximum Gasteiger partial charge on any atom is 0.483 e. The van der Waals surface area contributed by atoms with Crippen LogP contribution in [0.25, 0.3) is 0 Å². The summed E-state index contributed by atoms with van der Waals surface area (Å²) in [5, 5.41) is 0. The predicted octanol–water partition coefficient (Wildman–Crippen LogP) is 2.92. The maximum atomic E-state index is 4.74. The highest BCUT2D eigenvalue weighted by Crippen LogP contribution is 2.04. The van der Waals surface area contributed by atoms with Gasteiger partial charge in [0.05, 0.1) is 0 Å². The molecule has 0 atom stereocenters. The topological polar surface area (TPSA) is 27.7 Å². The Morgan fingerprint density at radius 1 is 0.812 bits per heavy atom. The molecule has 100 valence electrons. The van der Waals surface area contributed by atoms with Crippen molar-refractivity contribution in [3.05, 3.63) is 0 Å². The summed E-state index contributed by atoms with van der Waals surface area (Å²) in [4.78, 5) is 0. The van der Waals surface area contributed by atoms with Crippen molar-refractivity contribution in [2.45, 2.75) is 45.4 Å². The molecule has 0 heterocycles. The van der Waals surface area contributed by atoms with Gasteiger partial charge in [-0.1, -0.05) is 39.0 Å². The molecule has 0 N–H and O–H groups in total. The molecule has 0 aromatic heterocycles. The van der Waals surface area contributed by atoms with Gasteiger partial charge < -0.3 is 13.3 Å². The molecular weight excluding hydrogens is 240 g/mol. The molecule has 0 fully saturated rings. The minimum atomic E-state index is -1.67. The lowest BCUT2D eigenvalue weighted by Crippen LogP contribution is -2.21. The van der Waals surface area contributed by atoms with E-state index >= 15 is 0 Å². The number of hydrogen-bond acceptors (Lipinski definition) is 4. The van der Waals surface area contributed by atoms with Crippen LogP contribution >= 0.6 is 12.6 Å². The van der Waals surface area contributed by atoms with Crippen molar-refractivity contribution < 1.29 is 13.3 Å². The quantitative estimate of drug-likeness (QED) is 0.396. The minimum absolute atomic E-state index is 1.06. The van der Waals surface area contributed by atoms with E-state index in [0.717, 1.165) is 5.75 Å². The van der Waals surface area contributed by atoms with Crippen LogP contribution in [0, 0.1) is 0 Å². The van der Waals surface area contributed by atoms with Gasteiger partial charge in [0.2, 0.25) is 0 Å². The van der Waals surface area contributed by atoms with Crippen LogP contribution < -0.4 is 0 Å². The first kappa shape index (κ1) is 18.8. The average Bonchev–Trinajstić information content (AvgIpc) is 2.32. The fourth-order valence-electron chi connectivity index (χ4n) is 1.18. The van der Waals surface area contributed by atoms with Gasteiger partial charge in [0, 0.05) is 21.3 Å². The largest absolute Gasteiger partial charge is 0.483 e. The summed E-state index contributed by atoms with van der Waals surface area (Å²) in [7, 11) is 3.05. The molecule has 0 aliphatic carbocycles. The van der Waals surface area contributed by atoms with E-state index in [9.17, 15) is 0 Å². The van der Waals surface area contributed by atoms with E-state index < -0.39 is 9.53 Å². The molecule has 0 spiro atoms. The Bertz CT molecular complexity index is 102. The second-order valence-corrected chi connectivity index (χ2v) is 5.93. The highest BCUT2D eigenvalue weighted by Gasteiger charge is 2.04. The van der Waals surface area contributed by atoms with E-state index in [1.165, 1.54) is 38.5 Å². The van der Waals surface area contributed by atoms with Crippen molar-refractivity contribution >= 4 is 22.2 Å². The molecule has 0 unspecified atom stereocenters. The van der Waals surface area contributed by atoms with E-state index in [4.69, 9.17) is 13.3 Å². The first-order valence-corrected chi connectivity index (χ1v) is 8.00. The third-order valence-corrected chi connectivity index (χ3v) is 3.56. The zero-order valence-corrected chi connectivity index (χ0v) is 13.2. The highest BCUT2D eigenvalue weighted by atomic mass is 32.1. The fourth-order valence-corrected chi connectivity index (χ4v) is 1.98. The summed E-state index contributed by atoms with van der Waals surface area (Å²) >= 11 is 4.15. The molecule has 16 heavy (non-hydrogen) atoms. The van der Waals surface area contributed by atoms with Crippen LogP contribution in [0.15, 0.2) is 0 Å². The van der Waals surface area contributed by atoms with Crippen LogP contribution in [0.4, 0.5) is 0 Å². The van der Waals surface area contributed by atoms with Crippen LogP contribution in [-0.2, 0) is 13.3 Å². The summed E-state index contributed by atoms with van der Waals surface area (Å²) in [6.07, 6.45) is 8.27. The van der Waals surface area contributed by atoms with Crippen molar-refractivity contribution in [2.75, 3.05) is 27.1 Å². The summed E-state index contributed by atoms with van der Waals surface area (Å²) < 4.78 is 14.2. The SMILES string of the molecule is CCCCCCCCS.CO[SiH](OC)OC. The Kier molecular flexibility index (Phi) is 21.0. The van der Waals surface area contributed by atoms with Crippen LogP contribution in [0.2, 0.25) is 0 Å². The van der Waals surface area contributed by atoms with Gasteiger partial charge in [0.1, 0.15) is 0 Å². The van der Waals surface area contributed by atoms with Gasteiger partial charge in [0.15, 0.2) is 0 Å². The second-order valence-electron chi connectivity index (χ2n) is 3.49. The molecule has 0 radical (unpaired) electrons. The fraction of sp³-hybridized carbons (Fsp3) is 1.00. The molecule has 0 aliphatic heterocycles. The molecule has 0 aliphatic rings. The van der Waals surface area contributed by atoms with E-state index in [1.54, 1.807) is 21.3 Å². The molecule has 0 amide bonds. The van der Waals surface area contributed by atoms with Crippen molar-refractivity contribution in [1.29, 1.82) is 0 Å². The van der Waals surface area contributed by atoms with E-state index in [-0.39, 0.29) is 0 Å². The number of rotatable bonds is 9. The van der Waals surface area contributed by atoms with Gasteiger partial charge in [-0.3, -0.25) is 0 Å². The van der Waals surface area contributed by atoms with Gasteiger partial charge in [0.25, 0.3) is 0 Å². The first-order chi connectivity index (χ1) is 7.76. The third kappa shape index (κ3) is 16.9. The summed E-state index contributed by atoms with van der Waals surface area (Å²) in [6.45, 7) is 2.25. The van der Waals surface area contributed by atoms with Crippen LogP contribution in [-0.4, -0.2) is 36.6 Å². The van der Waals surface area contributed by atoms with Crippen molar-refractivity contribution in [2.24, 2.45) is 0 Å². The molecule has 0 aromatic rings. The van der Waals surface area contributed by atoms with Crippen LogP contribution in [0.5, 0.6) is 0 Å². The normalized spacial score (nSPS) is 10.1. The average molecular weight is 268 g/mol.